The quantitative estimate of drug-likeness (QED) is 0.613. The van der Waals surface area contributed by atoms with Gasteiger partial charge >= 0.3 is 0 Å². The molecule has 0 aliphatic carbocycles. The Kier molecular flexibility index (Phi) is 6.47. The summed E-state index contributed by atoms with van der Waals surface area (Å²) in [7, 11) is -3.32. The topological polar surface area (TPSA) is 91.1 Å². The molecule has 144 valence electrons. The zero-order valence-corrected chi connectivity index (χ0v) is 16.8. The molecular weight excluding hydrogens is 350 g/mol. The second-order valence-corrected chi connectivity index (χ2v) is 9.99. The summed E-state index contributed by atoms with van der Waals surface area (Å²) in [5.41, 5.74) is 3.00. The smallest absolute Gasteiger partial charge is 0.224 e. The summed E-state index contributed by atoms with van der Waals surface area (Å²) in [4.78, 5) is 15.4. The highest BCUT2D eigenvalue weighted by atomic mass is 32.2. The average Bonchev–Trinajstić information content (AvgIpc) is 2.95. The number of carbonyl (C=O) groups excluding carboxylic acids is 1. The predicted octanol–water partition coefficient (Wildman–Crippen LogP) is 3.56. The van der Waals surface area contributed by atoms with Crippen molar-refractivity contribution in [2.75, 3.05) is 11.9 Å². The molecule has 0 aliphatic rings. The van der Waals surface area contributed by atoms with Crippen molar-refractivity contribution in [1.82, 2.24) is 9.71 Å². The van der Waals surface area contributed by atoms with Crippen molar-refractivity contribution in [3.8, 4) is 0 Å². The first-order chi connectivity index (χ1) is 12.1. The average molecular weight is 380 g/mol. The molecule has 0 unspecified atom stereocenters. The van der Waals surface area contributed by atoms with E-state index in [1.54, 1.807) is 20.8 Å². The Hall–Kier alpha value is -1.86. The van der Waals surface area contributed by atoms with Crippen molar-refractivity contribution in [3.63, 3.8) is 0 Å². The number of aromatic amines is 1. The van der Waals surface area contributed by atoms with E-state index in [1.165, 1.54) is 5.69 Å². The van der Waals surface area contributed by atoms with Crippen LogP contribution >= 0.6 is 0 Å². The third-order valence-electron chi connectivity index (χ3n) is 4.27. The van der Waals surface area contributed by atoms with Gasteiger partial charge in [-0.2, -0.15) is 0 Å². The van der Waals surface area contributed by atoms with Crippen molar-refractivity contribution < 1.29 is 13.2 Å². The predicted molar refractivity (Wildman–Crippen MR) is 107 cm³/mol. The van der Waals surface area contributed by atoms with Gasteiger partial charge in [-0.15, -0.1) is 0 Å². The minimum absolute atomic E-state index is 0.0609. The van der Waals surface area contributed by atoms with Gasteiger partial charge in [0.15, 0.2) is 0 Å². The number of hydrogen-bond acceptors (Lipinski definition) is 3. The molecule has 1 aromatic carbocycles. The minimum Gasteiger partial charge on any atom is -0.358 e. The monoisotopic (exact) mass is 379 g/mol. The van der Waals surface area contributed by atoms with E-state index in [0.29, 0.717) is 25.8 Å². The van der Waals surface area contributed by atoms with Crippen LogP contribution in [0.5, 0.6) is 0 Å². The van der Waals surface area contributed by atoms with Gasteiger partial charge in [-0.3, -0.25) is 4.79 Å². The molecule has 7 heteroatoms. The number of hydrogen-bond donors (Lipinski definition) is 3. The summed E-state index contributed by atoms with van der Waals surface area (Å²) in [5, 5.41) is 3.98. The van der Waals surface area contributed by atoms with Crippen LogP contribution in [-0.2, 0) is 21.2 Å². The van der Waals surface area contributed by atoms with E-state index >= 15 is 0 Å². The van der Waals surface area contributed by atoms with Crippen LogP contribution in [-0.4, -0.2) is 30.6 Å². The third kappa shape index (κ3) is 5.32. The molecule has 0 aliphatic heterocycles. The summed E-state index contributed by atoms with van der Waals surface area (Å²) in [6.45, 7) is 7.42. The number of fused-ring (bicyclic) bond motifs is 1. The summed E-state index contributed by atoms with van der Waals surface area (Å²) in [6, 6.07) is 7.89. The van der Waals surface area contributed by atoms with Crippen LogP contribution in [0, 0.1) is 0 Å². The number of anilines is 1. The molecule has 0 radical (unpaired) electrons. The second kappa shape index (κ2) is 8.22. The lowest BCUT2D eigenvalue weighted by Gasteiger charge is -2.19. The van der Waals surface area contributed by atoms with E-state index in [4.69, 9.17) is 0 Å². The Bertz CT molecular complexity index is 864. The molecule has 0 fully saturated rings. The summed E-state index contributed by atoms with van der Waals surface area (Å²) < 4.78 is 25.6. The Morgan fingerprint density at radius 1 is 1.15 bits per heavy atom. The molecule has 0 atom stereocenters. The number of amides is 1. The molecule has 6 nitrogen and oxygen atoms in total. The lowest BCUT2D eigenvalue weighted by atomic mass is 10.2. The van der Waals surface area contributed by atoms with E-state index in [9.17, 15) is 13.2 Å². The molecule has 0 spiro atoms. The number of aromatic nitrogens is 1. The normalized spacial score (nSPS) is 12.5. The lowest BCUT2D eigenvalue weighted by molar-refractivity contribution is -0.116. The molecule has 1 amide bonds. The maximum atomic E-state index is 12.1. The lowest BCUT2D eigenvalue weighted by Crippen LogP contribution is -2.39. The molecule has 1 heterocycles. The number of unbranched alkanes of at least 4 members (excludes halogenated alkanes) is 1. The first-order valence-corrected chi connectivity index (χ1v) is 10.5. The molecule has 26 heavy (non-hydrogen) atoms. The van der Waals surface area contributed by atoms with Crippen molar-refractivity contribution in [1.29, 1.82) is 0 Å². The molecule has 2 rings (SSSR count). The van der Waals surface area contributed by atoms with Gasteiger partial charge in [0.2, 0.25) is 15.9 Å². The first kappa shape index (κ1) is 20.5. The molecule has 0 bridgehead atoms. The Morgan fingerprint density at radius 3 is 2.54 bits per heavy atom. The molecule has 3 N–H and O–H groups in total. The van der Waals surface area contributed by atoms with Gasteiger partial charge in [-0.1, -0.05) is 6.92 Å². The zero-order chi connectivity index (χ0) is 19.4. The van der Waals surface area contributed by atoms with Crippen LogP contribution in [0.1, 0.15) is 52.7 Å². The molecule has 2 aromatic rings. The van der Waals surface area contributed by atoms with Gasteiger partial charge in [0.1, 0.15) is 0 Å². The fraction of sp³-hybridized carbons (Fsp3) is 0.526. The highest BCUT2D eigenvalue weighted by Gasteiger charge is 2.27. The number of aryl methyl sites for hydroxylation is 1. The number of H-pyrrole nitrogens is 1. The molecule has 0 saturated carbocycles. The number of sulfonamides is 1. The van der Waals surface area contributed by atoms with Crippen LogP contribution in [0.15, 0.2) is 24.3 Å². The summed E-state index contributed by atoms with van der Waals surface area (Å²) in [6.07, 6.45) is 2.56. The first-order valence-electron chi connectivity index (χ1n) is 9.03. The van der Waals surface area contributed by atoms with Gasteiger partial charge in [-0.25, -0.2) is 13.1 Å². The van der Waals surface area contributed by atoms with Crippen LogP contribution in [0.2, 0.25) is 0 Å². The Balaban J connectivity index is 1.77. The fourth-order valence-electron chi connectivity index (χ4n) is 2.52. The number of rotatable bonds is 8. The maximum absolute atomic E-state index is 12.1. The number of nitrogens with one attached hydrogen (secondary N) is 3. The highest BCUT2D eigenvalue weighted by molar-refractivity contribution is 7.90. The van der Waals surface area contributed by atoms with Crippen molar-refractivity contribution >= 4 is 32.5 Å². The van der Waals surface area contributed by atoms with E-state index in [1.807, 2.05) is 18.2 Å². The van der Waals surface area contributed by atoms with E-state index in [-0.39, 0.29) is 5.91 Å². The molecular formula is C19H29N3O3S. The SMILES string of the molecule is CCc1cc2cc(NC(=O)CCCCNS(=O)(=O)C(C)(C)C)ccc2[nH]1. The summed E-state index contributed by atoms with van der Waals surface area (Å²) in [5.74, 6) is -0.0609. The van der Waals surface area contributed by atoms with Crippen LogP contribution in [0.3, 0.4) is 0 Å². The van der Waals surface area contributed by atoms with Gasteiger partial charge < -0.3 is 10.3 Å². The maximum Gasteiger partial charge on any atom is 0.224 e. The second-order valence-electron chi connectivity index (χ2n) is 7.47. The highest BCUT2D eigenvalue weighted by Crippen LogP contribution is 2.20. The molecule has 0 saturated heterocycles. The van der Waals surface area contributed by atoms with Gasteiger partial charge in [0.05, 0.1) is 4.75 Å². The fourth-order valence-corrected chi connectivity index (χ4v) is 3.36. The van der Waals surface area contributed by atoms with Crippen LogP contribution in [0.25, 0.3) is 10.9 Å². The van der Waals surface area contributed by atoms with Gasteiger partial charge in [0, 0.05) is 35.2 Å². The zero-order valence-electron chi connectivity index (χ0n) is 16.0. The number of benzene rings is 1. The van der Waals surface area contributed by atoms with Gasteiger partial charge in [0.25, 0.3) is 0 Å². The third-order valence-corrected chi connectivity index (χ3v) is 6.47. The summed E-state index contributed by atoms with van der Waals surface area (Å²) >= 11 is 0. The largest absolute Gasteiger partial charge is 0.358 e. The van der Waals surface area contributed by atoms with E-state index in [0.717, 1.165) is 23.0 Å². The van der Waals surface area contributed by atoms with Crippen molar-refractivity contribution in [3.05, 3.63) is 30.0 Å². The Labute approximate surface area is 155 Å². The van der Waals surface area contributed by atoms with Gasteiger partial charge in [-0.05, 0) is 64.3 Å². The van der Waals surface area contributed by atoms with Crippen LogP contribution in [0.4, 0.5) is 5.69 Å². The van der Waals surface area contributed by atoms with E-state index in [2.05, 4.69) is 28.0 Å². The van der Waals surface area contributed by atoms with Crippen molar-refractivity contribution in [2.24, 2.45) is 0 Å². The van der Waals surface area contributed by atoms with E-state index < -0.39 is 14.8 Å². The van der Waals surface area contributed by atoms with Crippen LogP contribution < -0.4 is 10.0 Å². The van der Waals surface area contributed by atoms with Crippen molar-refractivity contribution in [2.45, 2.75) is 58.1 Å². The standard InChI is InChI=1S/C19H29N3O3S/c1-5-15-12-14-13-16(9-10-17(14)21-15)22-18(23)8-6-7-11-20-26(24,25)19(2,3)4/h9-10,12-13,20-21H,5-8,11H2,1-4H3,(H,22,23). The molecule has 1 aromatic heterocycles. The number of carbonyl (C=O) groups is 1. The minimum atomic E-state index is -3.32. The Morgan fingerprint density at radius 2 is 1.88 bits per heavy atom.